The Bertz CT molecular complexity index is 1220. The highest BCUT2D eigenvalue weighted by Gasteiger charge is 2.66. The molecule has 5 rings (SSSR count). The number of hydrogen-bond acceptors (Lipinski definition) is 5. The second-order valence-electron chi connectivity index (χ2n) is 9.15. The van der Waals surface area contributed by atoms with Crippen LogP contribution >= 0.6 is 34.8 Å². The fourth-order valence-electron chi connectivity index (χ4n) is 5.46. The first-order valence-electron chi connectivity index (χ1n) is 11.2. The van der Waals surface area contributed by atoms with E-state index < -0.39 is 30.3 Å². The topological polar surface area (TPSA) is 92.8 Å². The van der Waals surface area contributed by atoms with Gasteiger partial charge in [0.25, 0.3) is 5.91 Å². The molecule has 7 nitrogen and oxygen atoms in total. The van der Waals surface area contributed by atoms with Gasteiger partial charge in [-0.05, 0) is 61.1 Å². The quantitative estimate of drug-likeness (QED) is 0.348. The van der Waals surface area contributed by atoms with Crippen LogP contribution in [0.25, 0.3) is 0 Å². The number of aryl methyl sites for hydroxylation is 1. The third-order valence-corrected chi connectivity index (χ3v) is 8.84. The first kappa shape index (κ1) is 24.1. The van der Waals surface area contributed by atoms with Gasteiger partial charge in [-0.25, -0.2) is 4.79 Å². The lowest BCUT2D eigenvalue weighted by Gasteiger charge is -2.28. The predicted molar refractivity (Wildman–Crippen MR) is 132 cm³/mol. The zero-order valence-corrected chi connectivity index (χ0v) is 20.8. The van der Waals surface area contributed by atoms with Gasteiger partial charge in [0.1, 0.15) is 0 Å². The van der Waals surface area contributed by atoms with Gasteiger partial charge in [-0.3, -0.25) is 19.3 Å². The molecule has 2 aromatic rings. The summed E-state index contributed by atoms with van der Waals surface area (Å²) >= 11 is 18.9. The Morgan fingerprint density at radius 1 is 1.03 bits per heavy atom. The van der Waals surface area contributed by atoms with Crippen LogP contribution in [0.15, 0.2) is 42.5 Å². The molecule has 1 saturated heterocycles. The molecule has 2 bridgehead atoms. The summed E-state index contributed by atoms with van der Waals surface area (Å²) in [6.45, 7) is 1.32. The molecule has 1 N–H and O–H groups in total. The first-order chi connectivity index (χ1) is 16.7. The van der Waals surface area contributed by atoms with E-state index >= 15 is 0 Å². The summed E-state index contributed by atoms with van der Waals surface area (Å²) in [5.74, 6) is -3.17. The molecule has 10 heteroatoms. The molecule has 35 heavy (non-hydrogen) atoms. The summed E-state index contributed by atoms with van der Waals surface area (Å²) in [4.78, 5) is 52.2. The molecule has 0 unspecified atom stereocenters. The molecule has 2 aromatic carbocycles. The Morgan fingerprint density at radius 2 is 1.69 bits per heavy atom. The fourth-order valence-corrected chi connectivity index (χ4v) is 6.53. The summed E-state index contributed by atoms with van der Waals surface area (Å²) in [5, 5.41) is 2.42. The lowest BCUT2D eigenvalue weighted by atomic mass is 9.80. The van der Waals surface area contributed by atoms with Crippen molar-refractivity contribution in [2.75, 3.05) is 16.8 Å². The second-order valence-corrected chi connectivity index (χ2v) is 10.6. The van der Waals surface area contributed by atoms with Crippen LogP contribution in [-0.2, 0) is 19.1 Å². The molecule has 0 radical (unpaired) electrons. The fraction of sp³-hybridized carbons (Fsp3) is 0.360. The molecule has 2 saturated carbocycles. The molecular formula is C25H21Cl3N2O5. The number of halogens is 3. The van der Waals surface area contributed by atoms with Crippen molar-refractivity contribution in [3.8, 4) is 0 Å². The Labute approximate surface area is 216 Å². The van der Waals surface area contributed by atoms with Crippen molar-refractivity contribution < 1.29 is 23.9 Å². The van der Waals surface area contributed by atoms with Crippen molar-refractivity contribution in [3.05, 3.63) is 58.6 Å². The number of alkyl halides is 2. The number of carbonyl (C=O) groups is 4. The highest BCUT2D eigenvalue weighted by Crippen LogP contribution is 2.59. The summed E-state index contributed by atoms with van der Waals surface area (Å²) < 4.78 is 5.13. The number of anilines is 2. The van der Waals surface area contributed by atoms with Gasteiger partial charge in [-0.1, -0.05) is 23.7 Å². The molecule has 1 heterocycles. The van der Waals surface area contributed by atoms with Crippen LogP contribution in [-0.4, -0.2) is 41.1 Å². The SMILES string of the molecule is Cc1ccc(NC(=O)COC(=O)c2cccc(N3C(=O)[C@@H]4[C@H]5C[C@@H]([C@H](Cl)[C@H]5Cl)[C@H]4C3=O)c2)cc1Cl. The summed E-state index contributed by atoms with van der Waals surface area (Å²) in [6.07, 6.45) is 0.673. The maximum Gasteiger partial charge on any atom is 0.338 e. The maximum absolute atomic E-state index is 13.2. The second kappa shape index (κ2) is 9.12. The summed E-state index contributed by atoms with van der Waals surface area (Å²) in [6, 6.07) is 11.1. The smallest absolute Gasteiger partial charge is 0.338 e. The monoisotopic (exact) mass is 534 g/mol. The van der Waals surface area contributed by atoms with E-state index in [-0.39, 0.29) is 45.7 Å². The Balaban J connectivity index is 1.26. The molecule has 6 atom stereocenters. The molecule has 3 aliphatic rings. The third-order valence-electron chi connectivity index (χ3n) is 7.12. The number of amides is 3. The number of imide groups is 1. The standard InChI is InChI=1S/C25H21Cl3N2O5/c1-11-5-6-13(8-17(11)26)29-18(31)10-35-25(34)12-3-2-4-14(7-12)30-23(32)19-15-9-16(20(19)24(30)33)22(28)21(15)27/h2-8,15-16,19-22H,9-10H2,1H3,(H,29,31)/t15-,16-,19-,20-,21+,22+/m1/s1. The maximum atomic E-state index is 13.2. The highest BCUT2D eigenvalue weighted by atomic mass is 35.5. The predicted octanol–water partition coefficient (Wildman–Crippen LogP) is 4.41. The number of benzene rings is 2. The van der Waals surface area contributed by atoms with Crippen molar-refractivity contribution in [2.45, 2.75) is 24.1 Å². The van der Waals surface area contributed by atoms with E-state index in [1.165, 1.54) is 12.1 Å². The zero-order chi connectivity index (χ0) is 25.0. The largest absolute Gasteiger partial charge is 0.452 e. The minimum atomic E-state index is -0.759. The van der Waals surface area contributed by atoms with Crippen molar-refractivity contribution >= 4 is 69.9 Å². The van der Waals surface area contributed by atoms with Gasteiger partial charge in [0.2, 0.25) is 11.8 Å². The van der Waals surface area contributed by atoms with E-state index in [2.05, 4.69) is 5.32 Å². The van der Waals surface area contributed by atoms with E-state index in [0.29, 0.717) is 17.1 Å². The molecule has 0 aromatic heterocycles. The van der Waals surface area contributed by atoms with Crippen molar-refractivity contribution in [1.82, 2.24) is 0 Å². The van der Waals surface area contributed by atoms with Crippen LogP contribution in [0.5, 0.6) is 0 Å². The molecule has 3 amide bonds. The van der Waals surface area contributed by atoms with E-state index in [1.807, 2.05) is 6.92 Å². The molecule has 1 aliphatic heterocycles. The van der Waals surface area contributed by atoms with Crippen LogP contribution in [0.4, 0.5) is 11.4 Å². The average molecular weight is 536 g/mol. The third kappa shape index (κ3) is 4.09. The normalized spacial score (nSPS) is 28.9. The average Bonchev–Trinajstić information content (AvgIpc) is 3.44. The van der Waals surface area contributed by atoms with Gasteiger partial charge in [0.05, 0.1) is 33.8 Å². The van der Waals surface area contributed by atoms with Crippen LogP contribution in [0.2, 0.25) is 5.02 Å². The lowest BCUT2D eigenvalue weighted by Crippen LogP contribution is -2.37. The number of rotatable bonds is 5. The van der Waals surface area contributed by atoms with E-state index in [0.717, 1.165) is 10.5 Å². The molecule has 2 aliphatic carbocycles. The van der Waals surface area contributed by atoms with Gasteiger partial charge >= 0.3 is 5.97 Å². The van der Waals surface area contributed by atoms with Gasteiger partial charge in [0.15, 0.2) is 6.61 Å². The molecular weight excluding hydrogens is 515 g/mol. The minimum absolute atomic E-state index is 0.111. The van der Waals surface area contributed by atoms with E-state index in [9.17, 15) is 19.2 Å². The van der Waals surface area contributed by atoms with Crippen molar-refractivity contribution in [2.24, 2.45) is 23.7 Å². The van der Waals surface area contributed by atoms with Crippen LogP contribution in [0.3, 0.4) is 0 Å². The number of fused-ring (bicyclic) bond motifs is 5. The van der Waals surface area contributed by atoms with Gasteiger partial charge < -0.3 is 10.1 Å². The Kier molecular flexibility index (Phi) is 6.28. The number of nitrogens with one attached hydrogen (secondary N) is 1. The van der Waals surface area contributed by atoms with Gasteiger partial charge in [0, 0.05) is 10.7 Å². The van der Waals surface area contributed by atoms with Gasteiger partial charge in [-0.2, -0.15) is 0 Å². The Morgan fingerprint density at radius 3 is 2.31 bits per heavy atom. The van der Waals surface area contributed by atoms with Crippen molar-refractivity contribution in [3.63, 3.8) is 0 Å². The molecule has 182 valence electrons. The van der Waals surface area contributed by atoms with E-state index in [4.69, 9.17) is 39.5 Å². The van der Waals surface area contributed by atoms with Crippen LogP contribution < -0.4 is 10.2 Å². The lowest BCUT2D eigenvalue weighted by molar-refractivity contribution is -0.123. The van der Waals surface area contributed by atoms with E-state index in [1.54, 1.807) is 30.3 Å². The molecule has 0 spiro atoms. The minimum Gasteiger partial charge on any atom is -0.452 e. The number of hydrogen-bond donors (Lipinski definition) is 1. The van der Waals surface area contributed by atoms with Crippen LogP contribution in [0, 0.1) is 30.6 Å². The summed E-state index contributed by atoms with van der Waals surface area (Å²) in [7, 11) is 0. The number of carbonyl (C=O) groups excluding carboxylic acids is 4. The first-order valence-corrected chi connectivity index (χ1v) is 12.4. The van der Waals surface area contributed by atoms with Crippen molar-refractivity contribution in [1.29, 1.82) is 0 Å². The number of nitrogens with zero attached hydrogens (tertiary/aromatic N) is 1. The molecule has 3 fully saturated rings. The van der Waals surface area contributed by atoms with Crippen LogP contribution in [0.1, 0.15) is 22.3 Å². The highest BCUT2D eigenvalue weighted by molar-refractivity contribution is 6.32. The number of ether oxygens (including phenoxy) is 1. The van der Waals surface area contributed by atoms with Gasteiger partial charge in [-0.15, -0.1) is 23.2 Å². The Hall–Kier alpha value is -2.61. The summed E-state index contributed by atoms with van der Waals surface area (Å²) in [5.41, 5.74) is 1.73. The zero-order valence-electron chi connectivity index (χ0n) is 18.5. The number of esters is 1.